The summed E-state index contributed by atoms with van der Waals surface area (Å²) in [7, 11) is -1.07. The molecule has 0 aliphatic heterocycles. The Hall–Kier alpha value is -2.06. The van der Waals surface area contributed by atoms with E-state index >= 15 is 0 Å². The number of aromatic nitrogens is 1. The van der Waals surface area contributed by atoms with Gasteiger partial charge in [-0.1, -0.05) is 11.6 Å². The fourth-order valence-electron chi connectivity index (χ4n) is 1.52. The number of sulfonamides is 1. The third-order valence-corrected chi connectivity index (χ3v) is 4.34. The predicted octanol–water partition coefficient (Wildman–Crippen LogP) is 2.08. The summed E-state index contributed by atoms with van der Waals surface area (Å²) in [5.74, 6) is 0.343. The maximum absolute atomic E-state index is 12.2. The largest absolute Gasteiger partial charge is 0.491 e. The van der Waals surface area contributed by atoms with Gasteiger partial charge < -0.3 is 9.47 Å². The molecule has 0 aromatic carbocycles. The molecule has 7 nitrogen and oxygen atoms in total. The lowest BCUT2D eigenvalue weighted by molar-refractivity contribution is 0.229. The van der Waals surface area contributed by atoms with Crippen LogP contribution in [0.25, 0.3) is 0 Å². The van der Waals surface area contributed by atoms with E-state index in [0.717, 1.165) is 0 Å². The van der Waals surface area contributed by atoms with Crippen LogP contribution in [0, 0.1) is 0 Å². The SMILES string of the molecule is C=N/C(OC)=C(\C=C(/C)NS(=O)(=O)c1cccnc1Cl)OC. The molecule has 22 heavy (non-hydrogen) atoms. The third kappa shape index (κ3) is 4.47. The van der Waals surface area contributed by atoms with Crippen LogP contribution >= 0.6 is 11.6 Å². The van der Waals surface area contributed by atoms with E-state index in [1.54, 1.807) is 0 Å². The first-order chi connectivity index (χ1) is 10.4. The molecule has 0 unspecified atom stereocenters. The smallest absolute Gasteiger partial charge is 0.264 e. The molecule has 0 amide bonds. The molecule has 0 saturated carbocycles. The summed E-state index contributed by atoms with van der Waals surface area (Å²) < 4.78 is 36.9. The number of allylic oxidation sites excluding steroid dienone is 2. The van der Waals surface area contributed by atoms with Gasteiger partial charge >= 0.3 is 0 Å². The summed E-state index contributed by atoms with van der Waals surface area (Å²) in [6.07, 6.45) is 2.81. The van der Waals surface area contributed by atoms with E-state index < -0.39 is 10.0 Å². The van der Waals surface area contributed by atoms with Crippen LogP contribution in [0.1, 0.15) is 6.92 Å². The van der Waals surface area contributed by atoms with Crippen LogP contribution in [0.4, 0.5) is 0 Å². The Balaban J connectivity index is 3.13. The first-order valence-electron chi connectivity index (χ1n) is 5.96. The topological polar surface area (TPSA) is 89.9 Å². The lowest BCUT2D eigenvalue weighted by Gasteiger charge is -2.11. The predicted molar refractivity (Wildman–Crippen MR) is 83.9 cm³/mol. The molecule has 1 aromatic heterocycles. The standard InChI is InChI=1S/C13H16ClN3O4S/c1-9(8-10(20-3)13(15-2)21-4)17-22(18,19)11-6-5-7-16-12(11)14/h5-8,17H,2H2,1,3-4H3/b9-8+,13-10-. The highest BCUT2D eigenvalue weighted by Crippen LogP contribution is 2.19. The molecule has 0 fully saturated rings. The molecule has 1 rings (SSSR count). The first-order valence-corrected chi connectivity index (χ1v) is 7.82. The Morgan fingerprint density at radius 2 is 2.14 bits per heavy atom. The number of ether oxygens (including phenoxy) is 2. The minimum atomic E-state index is -3.86. The number of nitrogens with one attached hydrogen (secondary N) is 1. The Kier molecular flexibility index (Phi) is 6.39. The number of methoxy groups -OCH3 is 2. The molecule has 0 saturated heterocycles. The Morgan fingerprint density at radius 1 is 1.45 bits per heavy atom. The van der Waals surface area contributed by atoms with Crippen molar-refractivity contribution in [1.82, 2.24) is 9.71 Å². The molecule has 1 heterocycles. The van der Waals surface area contributed by atoms with Crippen molar-refractivity contribution in [2.24, 2.45) is 4.99 Å². The fraction of sp³-hybridized carbons (Fsp3) is 0.231. The Labute approximate surface area is 134 Å². The number of hydrogen-bond donors (Lipinski definition) is 1. The van der Waals surface area contributed by atoms with E-state index in [1.807, 2.05) is 0 Å². The van der Waals surface area contributed by atoms with Crippen LogP contribution in [0.5, 0.6) is 0 Å². The Bertz CT molecular complexity index is 714. The molecule has 9 heteroatoms. The van der Waals surface area contributed by atoms with Gasteiger partial charge in [0.1, 0.15) is 10.0 Å². The zero-order chi connectivity index (χ0) is 16.8. The number of nitrogens with zero attached hydrogens (tertiary/aromatic N) is 2. The van der Waals surface area contributed by atoms with E-state index in [9.17, 15) is 8.42 Å². The van der Waals surface area contributed by atoms with E-state index in [-0.39, 0.29) is 27.4 Å². The summed E-state index contributed by atoms with van der Waals surface area (Å²) in [5, 5.41) is -0.115. The van der Waals surface area contributed by atoms with Gasteiger partial charge in [0.15, 0.2) is 5.76 Å². The summed E-state index contributed by atoms with van der Waals surface area (Å²) in [6.45, 7) is 4.87. The molecule has 0 aliphatic rings. The second-order valence-corrected chi connectivity index (χ2v) is 5.97. The second-order valence-electron chi connectivity index (χ2n) is 3.96. The number of hydrogen-bond acceptors (Lipinski definition) is 6. The van der Waals surface area contributed by atoms with Gasteiger partial charge in [0.2, 0.25) is 0 Å². The average Bonchev–Trinajstić information content (AvgIpc) is 2.47. The molecule has 0 radical (unpaired) electrons. The first kappa shape index (κ1) is 18.0. The van der Waals surface area contributed by atoms with E-state index in [0.29, 0.717) is 0 Å². The summed E-state index contributed by atoms with van der Waals surface area (Å²) in [6, 6.07) is 2.83. The average molecular weight is 346 g/mol. The van der Waals surface area contributed by atoms with Crippen LogP contribution in [-0.4, -0.2) is 34.3 Å². The molecule has 1 aromatic rings. The number of pyridine rings is 1. The highest BCUT2D eigenvalue weighted by Gasteiger charge is 2.18. The Morgan fingerprint density at radius 3 is 2.64 bits per heavy atom. The summed E-state index contributed by atoms with van der Waals surface area (Å²) in [5.41, 5.74) is 0.273. The molecule has 0 spiro atoms. The van der Waals surface area contributed by atoms with Crippen molar-refractivity contribution in [1.29, 1.82) is 0 Å². The number of aliphatic imine (C=N–C) groups is 1. The maximum atomic E-state index is 12.2. The summed E-state index contributed by atoms with van der Waals surface area (Å²) in [4.78, 5) is 7.24. The van der Waals surface area contributed by atoms with Crippen LogP contribution in [0.3, 0.4) is 0 Å². The molecule has 1 N–H and O–H groups in total. The van der Waals surface area contributed by atoms with Gasteiger partial charge in [-0.2, -0.15) is 0 Å². The monoisotopic (exact) mass is 345 g/mol. The molecular formula is C13H16ClN3O4S. The van der Waals surface area contributed by atoms with Crippen LogP contribution in [-0.2, 0) is 19.5 Å². The van der Waals surface area contributed by atoms with Crippen molar-refractivity contribution in [3.8, 4) is 0 Å². The molecule has 0 aliphatic carbocycles. The van der Waals surface area contributed by atoms with Crippen molar-refractivity contribution in [3.63, 3.8) is 0 Å². The van der Waals surface area contributed by atoms with Gasteiger partial charge in [-0.3, -0.25) is 4.72 Å². The van der Waals surface area contributed by atoms with Gasteiger partial charge in [0, 0.05) is 18.0 Å². The zero-order valence-corrected chi connectivity index (χ0v) is 13.9. The van der Waals surface area contributed by atoms with Gasteiger partial charge in [-0.15, -0.1) is 0 Å². The zero-order valence-electron chi connectivity index (χ0n) is 12.3. The fourth-order valence-corrected chi connectivity index (χ4v) is 3.06. The molecule has 0 atom stereocenters. The van der Waals surface area contributed by atoms with Crippen molar-refractivity contribution >= 4 is 28.3 Å². The van der Waals surface area contributed by atoms with Gasteiger partial charge in [-0.25, -0.2) is 18.4 Å². The quantitative estimate of drug-likeness (QED) is 0.353. The lowest BCUT2D eigenvalue weighted by Crippen LogP contribution is -2.22. The lowest BCUT2D eigenvalue weighted by atomic mass is 10.4. The van der Waals surface area contributed by atoms with Gasteiger partial charge in [0.05, 0.1) is 14.2 Å². The van der Waals surface area contributed by atoms with Gasteiger partial charge in [0.25, 0.3) is 15.9 Å². The minimum Gasteiger partial charge on any atom is -0.491 e. The molecular weight excluding hydrogens is 330 g/mol. The van der Waals surface area contributed by atoms with Crippen LogP contribution in [0.15, 0.2) is 51.6 Å². The minimum absolute atomic E-state index is 0.115. The highest BCUT2D eigenvalue weighted by molar-refractivity contribution is 7.89. The van der Waals surface area contributed by atoms with Crippen LogP contribution in [0.2, 0.25) is 5.15 Å². The van der Waals surface area contributed by atoms with Crippen molar-refractivity contribution in [2.45, 2.75) is 11.8 Å². The van der Waals surface area contributed by atoms with E-state index in [4.69, 9.17) is 21.1 Å². The van der Waals surface area contributed by atoms with Gasteiger partial charge in [-0.05, 0) is 25.8 Å². The third-order valence-electron chi connectivity index (χ3n) is 2.42. The normalized spacial score (nSPS) is 13.2. The molecule has 120 valence electrons. The highest BCUT2D eigenvalue weighted by atomic mass is 35.5. The van der Waals surface area contributed by atoms with Crippen LogP contribution < -0.4 is 4.72 Å². The van der Waals surface area contributed by atoms with E-state index in [1.165, 1.54) is 45.5 Å². The maximum Gasteiger partial charge on any atom is 0.264 e. The van der Waals surface area contributed by atoms with E-state index in [2.05, 4.69) is 21.4 Å². The van der Waals surface area contributed by atoms with Crippen molar-refractivity contribution in [3.05, 3.63) is 46.9 Å². The second kappa shape index (κ2) is 7.81. The molecule has 0 bridgehead atoms. The van der Waals surface area contributed by atoms with Crippen molar-refractivity contribution in [2.75, 3.05) is 14.2 Å². The number of halogens is 1. The summed E-state index contributed by atoms with van der Waals surface area (Å²) >= 11 is 5.79. The number of rotatable bonds is 7. The van der Waals surface area contributed by atoms with Crippen molar-refractivity contribution < 1.29 is 17.9 Å².